The van der Waals surface area contributed by atoms with E-state index < -0.39 is 196 Å². The van der Waals surface area contributed by atoms with Crippen molar-refractivity contribution in [2.75, 3.05) is 71.3 Å². The van der Waals surface area contributed by atoms with E-state index in [9.17, 15) is 87.7 Å². The van der Waals surface area contributed by atoms with Crippen LogP contribution in [0, 0.1) is 66.0 Å². The van der Waals surface area contributed by atoms with Crippen LogP contribution in [-0.2, 0) is 64.0 Å². The van der Waals surface area contributed by atoms with Gasteiger partial charge in [0.15, 0.2) is 17.9 Å². The molecule has 4 aliphatic heterocycles. The van der Waals surface area contributed by atoms with Crippen LogP contribution < -0.4 is 86.5 Å². The van der Waals surface area contributed by atoms with Crippen LogP contribution in [-0.4, -0.2) is 244 Å². The number of rotatable bonds is 37. The molecule has 9 atom stereocenters. The van der Waals surface area contributed by atoms with E-state index in [1.165, 1.54) is 36.0 Å². The number of non-ortho nitro benzene ring substituents is 1. The Bertz CT molecular complexity index is 4210. The number of carbonyl (C=O) groups is 12. The van der Waals surface area contributed by atoms with Crippen molar-refractivity contribution < 1.29 is 81.6 Å². The van der Waals surface area contributed by atoms with Crippen molar-refractivity contribution in [1.29, 1.82) is 16.2 Å². The lowest BCUT2D eigenvalue weighted by atomic mass is 9.88. The number of carboxylic acids is 1. The number of hydrogen-bond donors (Lipinski definition) is 18. The zero-order valence-corrected chi connectivity index (χ0v) is 64.9. The van der Waals surface area contributed by atoms with E-state index in [0.29, 0.717) is 42.0 Å². The maximum absolute atomic E-state index is 14.9. The highest BCUT2D eigenvalue weighted by Crippen LogP contribution is 2.31. The maximum Gasteiger partial charge on any atom is 0.336 e. The Morgan fingerprint density at radius 3 is 1.64 bits per heavy atom. The molecule has 2 aromatic carbocycles. The highest BCUT2D eigenvalue weighted by molar-refractivity contribution is 5.99. The molecule has 43 nitrogen and oxygen atoms in total. The molecule has 0 bridgehead atoms. The van der Waals surface area contributed by atoms with Crippen LogP contribution in [0.1, 0.15) is 117 Å². The van der Waals surface area contributed by atoms with Gasteiger partial charge in [-0.2, -0.15) is 0 Å². The standard InChI is InChI=1S/C72H105N23O20/c1-36(2)28-48(85-67(107)51-8-7-21-93(51)69(109)60(41-19-26-92(27-20-41)72(78)79)87-54(96)30-42-31-57(100)115-53-33-44(114-6)10-11-45(42)53)63(103)81-35-55(97)83-49(29-37(3)4)65(105)86-50(34-80-46-12-9-43(94(110)111)32-52(46)95(112)113)66(106)82-38(5)62(102)89-59(40-17-24-91(25-18-40)71(76)77)68(108)84-47(13-14-56(98)99)64(104)88-58(61(73)101)39-15-22-90(23-16-39)70(74)75/h9-12,31-33,36-41,47-51,58-60,80H,7-8,13-30,34-35H2,1-6H3,(H2,73,101)(H3,74,75)(H3,76,77)(H3,78,79)(H,81,103)(H,82,106)(H,83,97)(H,84,108)(H,85,107)(H,86,105)(H,87,96)(H,88,104)(H,89,102)(H,98,99)/t38-,47-,48-,49-,50-,51-,58?,59-,60-/m0/s1. The molecule has 1 aromatic heterocycles. The number of nitro benzene ring substituents is 2. The first-order chi connectivity index (χ1) is 54.3. The van der Waals surface area contributed by atoms with E-state index in [2.05, 4.69) is 53.2 Å². The molecule has 4 saturated heterocycles. The third kappa shape index (κ3) is 25.5. The predicted molar refractivity (Wildman–Crippen MR) is 413 cm³/mol. The summed E-state index contributed by atoms with van der Waals surface area (Å²) in [5.74, 6) is -14.1. The van der Waals surface area contributed by atoms with Gasteiger partial charge in [0.25, 0.3) is 11.4 Å². The number of nitrogens with one attached hydrogen (secondary N) is 13. The molecule has 0 saturated carbocycles. The summed E-state index contributed by atoms with van der Waals surface area (Å²) >= 11 is 0. The average Bonchev–Trinajstić information content (AvgIpc) is 1.51. The quantitative estimate of drug-likeness (QED) is 0.00936. The Morgan fingerprint density at radius 1 is 0.583 bits per heavy atom. The number of anilines is 1. The van der Waals surface area contributed by atoms with Crippen LogP contribution >= 0.6 is 0 Å². The Labute approximate surface area is 660 Å². The highest BCUT2D eigenvalue weighted by atomic mass is 16.6. The van der Waals surface area contributed by atoms with Crippen molar-refractivity contribution in [3.63, 3.8) is 0 Å². The van der Waals surface area contributed by atoms with E-state index in [0.717, 1.165) is 12.1 Å². The Morgan fingerprint density at radius 2 is 1.11 bits per heavy atom. The zero-order valence-electron chi connectivity index (χ0n) is 64.9. The van der Waals surface area contributed by atoms with Gasteiger partial charge in [0.05, 0.1) is 36.0 Å². The third-order valence-electron chi connectivity index (χ3n) is 20.7. The molecule has 628 valence electrons. The minimum absolute atomic E-state index is 0.0211. The summed E-state index contributed by atoms with van der Waals surface area (Å²) in [4.78, 5) is 210. The number of hydrogen-bond acceptors (Lipinski definition) is 23. The van der Waals surface area contributed by atoms with E-state index in [4.69, 9.17) is 48.3 Å². The Balaban J connectivity index is 1.06. The molecule has 3 aromatic rings. The predicted octanol–water partition coefficient (Wildman–Crippen LogP) is -2.46. The van der Waals surface area contributed by atoms with Crippen LogP contribution in [0.4, 0.5) is 17.1 Å². The molecule has 11 amide bonds. The van der Waals surface area contributed by atoms with Crippen molar-refractivity contribution in [2.24, 2.45) is 52.5 Å². The van der Waals surface area contributed by atoms with Gasteiger partial charge < -0.3 is 110 Å². The molecular formula is C72H105N23O20. The fourth-order valence-corrected chi connectivity index (χ4v) is 14.5. The molecule has 5 heterocycles. The minimum atomic E-state index is -1.85. The smallest absolute Gasteiger partial charge is 0.336 e. The molecule has 4 aliphatic rings. The second-order valence-electron chi connectivity index (χ2n) is 29.9. The van der Waals surface area contributed by atoms with Crippen molar-refractivity contribution in [3.8, 4) is 5.75 Å². The summed E-state index contributed by atoms with van der Waals surface area (Å²) in [6, 6.07) is -4.72. The first kappa shape index (κ1) is 89.7. The lowest BCUT2D eigenvalue weighted by Crippen LogP contribution is -2.62. The number of nitrogens with two attached hydrogens (primary N) is 4. The number of carboxylic acid groups (broad SMARTS) is 1. The van der Waals surface area contributed by atoms with Gasteiger partial charge in [0.2, 0.25) is 65.0 Å². The second-order valence-corrected chi connectivity index (χ2v) is 29.9. The number of carbonyl (C=O) groups excluding carboxylic acids is 11. The normalized spacial score (nSPS) is 17.5. The summed E-state index contributed by atoms with van der Waals surface area (Å²) in [5.41, 5.74) is 20.9. The van der Waals surface area contributed by atoms with Gasteiger partial charge in [-0.1, -0.05) is 27.7 Å². The molecule has 0 aliphatic carbocycles. The van der Waals surface area contributed by atoms with Crippen LogP contribution in [0.5, 0.6) is 5.75 Å². The number of nitrogens with zero attached hydrogens (tertiary/aromatic N) is 6. The number of likely N-dealkylation sites (tertiary alicyclic amines) is 4. The number of primary amides is 1. The summed E-state index contributed by atoms with van der Waals surface area (Å²) in [6.45, 7) is 7.89. The van der Waals surface area contributed by atoms with Crippen LogP contribution in [0.15, 0.2) is 51.7 Å². The SMILES string of the molecule is COc1ccc2c(CC(=O)N[C@H](C(=O)N3CCC[C@H]3C(=O)N[C@@H](CC(C)C)C(=O)NCC(=O)N[C@@H](CC(C)C)C(=O)N[C@@H](CNc3ccc([N+](=O)[O-])cc3[N+](=O)[O-])C(=O)N[C@@H](C)C(=O)N[C@H](C(=O)N[C@@H](CCC(=O)O)C(=O)NC(C(N)=O)C3CCN(C(=N)N)CC3)C3CCN(C(=N)N)CC3)C3CCN(C(=N)N)CC3)cc(=O)oc2c1. The van der Waals surface area contributed by atoms with Gasteiger partial charge in [-0.3, -0.25) is 94.0 Å². The van der Waals surface area contributed by atoms with Crippen LogP contribution in [0.2, 0.25) is 0 Å². The summed E-state index contributed by atoms with van der Waals surface area (Å²) in [6.07, 6.45) is 0.208. The lowest BCUT2D eigenvalue weighted by Gasteiger charge is -2.38. The molecule has 43 heteroatoms. The van der Waals surface area contributed by atoms with E-state index >= 15 is 0 Å². The number of ether oxygens (including phenoxy) is 1. The van der Waals surface area contributed by atoms with E-state index in [-0.39, 0.29) is 138 Å². The van der Waals surface area contributed by atoms with Crippen molar-refractivity contribution >= 4 is 117 Å². The van der Waals surface area contributed by atoms with E-state index in [1.807, 2.05) is 0 Å². The van der Waals surface area contributed by atoms with Gasteiger partial charge >= 0.3 is 11.6 Å². The highest BCUT2D eigenvalue weighted by Gasteiger charge is 2.44. The Hall–Kier alpha value is -12.5. The monoisotopic (exact) mass is 1610 g/mol. The van der Waals surface area contributed by atoms with Crippen LogP contribution in [0.25, 0.3) is 11.0 Å². The van der Waals surface area contributed by atoms with E-state index in [1.54, 1.807) is 49.6 Å². The summed E-state index contributed by atoms with van der Waals surface area (Å²) in [5, 5.41) is 83.8. The maximum atomic E-state index is 14.9. The molecule has 0 radical (unpaired) electrons. The topological polar surface area (TPSA) is 660 Å². The minimum Gasteiger partial charge on any atom is -0.497 e. The number of amides is 11. The van der Waals surface area contributed by atoms with Crippen molar-refractivity contribution in [3.05, 3.63) is 78.7 Å². The third-order valence-corrected chi connectivity index (χ3v) is 20.7. The number of benzene rings is 2. The molecule has 1 unspecified atom stereocenters. The number of nitro groups is 2. The van der Waals surface area contributed by atoms with Gasteiger partial charge in [0, 0.05) is 82.4 Å². The number of piperidine rings is 3. The number of methoxy groups -OCH3 is 1. The summed E-state index contributed by atoms with van der Waals surface area (Å²) < 4.78 is 10.7. The van der Waals surface area contributed by atoms with Gasteiger partial charge in [-0.15, -0.1) is 0 Å². The summed E-state index contributed by atoms with van der Waals surface area (Å²) in [7, 11) is 1.44. The van der Waals surface area contributed by atoms with Crippen LogP contribution in [0.3, 0.4) is 0 Å². The van der Waals surface area contributed by atoms with Gasteiger partial charge in [0.1, 0.15) is 71.4 Å². The molecule has 4 fully saturated rings. The van der Waals surface area contributed by atoms with Crippen molar-refractivity contribution in [1.82, 2.24) is 67.5 Å². The first-order valence-electron chi connectivity index (χ1n) is 37.9. The molecular weight excluding hydrogens is 1510 g/mol. The molecule has 7 rings (SSSR count). The molecule has 0 spiro atoms. The molecule has 115 heavy (non-hydrogen) atoms. The van der Waals surface area contributed by atoms with Crippen molar-refractivity contribution in [2.45, 2.75) is 172 Å². The van der Waals surface area contributed by atoms with Gasteiger partial charge in [-0.05, 0) is 131 Å². The zero-order chi connectivity index (χ0) is 84.8. The fraction of sp³-hybridized carbons (Fsp3) is 0.583. The fourth-order valence-electron chi connectivity index (χ4n) is 14.5. The first-order valence-corrected chi connectivity index (χ1v) is 37.9. The average molecular weight is 1610 g/mol. The number of aliphatic carboxylic acids is 1. The number of guanidine groups is 3. The van der Waals surface area contributed by atoms with Gasteiger partial charge in [-0.25, -0.2) is 4.79 Å². The number of fused-ring (bicyclic) bond motifs is 1. The lowest BCUT2D eigenvalue weighted by molar-refractivity contribution is -0.393. The largest absolute Gasteiger partial charge is 0.497 e. The molecule has 22 N–H and O–H groups in total. The Kier molecular flexibility index (Phi) is 32.2. The second kappa shape index (κ2) is 41.3.